The van der Waals surface area contributed by atoms with Gasteiger partial charge in [-0.05, 0) is 44.3 Å². The quantitative estimate of drug-likeness (QED) is 0.858. The Morgan fingerprint density at radius 1 is 1.39 bits per heavy atom. The summed E-state index contributed by atoms with van der Waals surface area (Å²) < 4.78 is 5.33. The van der Waals surface area contributed by atoms with Crippen LogP contribution >= 0.6 is 11.3 Å². The summed E-state index contributed by atoms with van der Waals surface area (Å²) in [4.78, 5) is 3.87. The lowest BCUT2D eigenvalue weighted by molar-refractivity contribution is 0.209. The van der Waals surface area contributed by atoms with Crippen molar-refractivity contribution in [1.82, 2.24) is 10.2 Å². The van der Waals surface area contributed by atoms with E-state index in [-0.39, 0.29) is 0 Å². The Morgan fingerprint density at radius 2 is 2.17 bits per heavy atom. The summed E-state index contributed by atoms with van der Waals surface area (Å²) in [6, 6.07) is 2.58. The highest BCUT2D eigenvalue weighted by molar-refractivity contribution is 7.10. The molecular weight excluding hydrogens is 244 g/mol. The van der Waals surface area contributed by atoms with E-state index in [1.165, 1.54) is 37.2 Å². The van der Waals surface area contributed by atoms with Gasteiger partial charge in [0.25, 0.3) is 0 Å². The molecular formula is C14H24N2OS. The molecule has 102 valence electrons. The van der Waals surface area contributed by atoms with Crippen LogP contribution in [0.4, 0.5) is 0 Å². The third kappa shape index (κ3) is 3.97. The van der Waals surface area contributed by atoms with E-state index in [4.69, 9.17) is 4.74 Å². The Morgan fingerprint density at radius 3 is 2.89 bits per heavy atom. The standard InChI is InChI=1S/C14H24N2OS/c1-12(11-16-7-4-3-5-8-16)15-10-14-13(17-2)6-9-18-14/h6,9,12,15H,3-5,7-8,10-11H2,1-2H3. The van der Waals surface area contributed by atoms with E-state index in [1.54, 1.807) is 18.4 Å². The van der Waals surface area contributed by atoms with Crippen molar-refractivity contribution < 1.29 is 4.74 Å². The third-order valence-electron chi connectivity index (χ3n) is 3.52. The SMILES string of the molecule is COc1ccsc1CNC(C)CN1CCCCC1. The molecule has 18 heavy (non-hydrogen) atoms. The first kappa shape index (κ1) is 13.8. The Hall–Kier alpha value is -0.580. The maximum atomic E-state index is 5.33. The number of ether oxygens (including phenoxy) is 1. The highest BCUT2D eigenvalue weighted by Gasteiger charge is 2.13. The maximum Gasteiger partial charge on any atom is 0.134 e. The van der Waals surface area contributed by atoms with Crippen LogP contribution in [0.2, 0.25) is 0 Å². The summed E-state index contributed by atoms with van der Waals surface area (Å²) in [5, 5.41) is 5.68. The van der Waals surface area contributed by atoms with Gasteiger partial charge in [-0.2, -0.15) is 0 Å². The smallest absolute Gasteiger partial charge is 0.134 e. The number of likely N-dealkylation sites (tertiary alicyclic amines) is 1. The molecule has 1 fully saturated rings. The van der Waals surface area contributed by atoms with Gasteiger partial charge in [0.05, 0.1) is 12.0 Å². The minimum absolute atomic E-state index is 0.537. The number of hydrogen-bond acceptors (Lipinski definition) is 4. The van der Waals surface area contributed by atoms with Gasteiger partial charge in [0.1, 0.15) is 5.75 Å². The summed E-state index contributed by atoms with van der Waals surface area (Å²) in [6.45, 7) is 6.89. The molecule has 0 saturated carbocycles. The van der Waals surface area contributed by atoms with Crippen molar-refractivity contribution in [2.24, 2.45) is 0 Å². The molecule has 1 unspecified atom stereocenters. The van der Waals surface area contributed by atoms with Crippen molar-refractivity contribution in [2.75, 3.05) is 26.7 Å². The van der Waals surface area contributed by atoms with E-state index >= 15 is 0 Å². The van der Waals surface area contributed by atoms with E-state index in [2.05, 4.69) is 22.5 Å². The van der Waals surface area contributed by atoms with Crippen LogP contribution in [0.1, 0.15) is 31.1 Å². The van der Waals surface area contributed by atoms with Crippen molar-refractivity contribution >= 4 is 11.3 Å². The molecule has 0 aliphatic carbocycles. The molecule has 2 rings (SSSR count). The van der Waals surface area contributed by atoms with Gasteiger partial charge in [-0.25, -0.2) is 0 Å². The fourth-order valence-electron chi connectivity index (χ4n) is 2.50. The van der Waals surface area contributed by atoms with Gasteiger partial charge in [-0.1, -0.05) is 6.42 Å². The van der Waals surface area contributed by atoms with Crippen LogP contribution < -0.4 is 10.1 Å². The average molecular weight is 268 g/mol. The second-order valence-electron chi connectivity index (χ2n) is 5.06. The summed E-state index contributed by atoms with van der Waals surface area (Å²) in [5.74, 6) is 1.01. The monoisotopic (exact) mass is 268 g/mol. The predicted molar refractivity (Wildman–Crippen MR) is 77.5 cm³/mol. The lowest BCUT2D eigenvalue weighted by atomic mass is 10.1. The number of nitrogens with zero attached hydrogens (tertiary/aromatic N) is 1. The Bertz CT molecular complexity index is 347. The molecule has 4 heteroatoms. The topological polar surface area (TPSA) is 24.5 Å². The van der Waals surface area contributed by atoms with Crippen LogP contribution in [0.15, 0.2) is 11.4 Å². The first-order valence-electron chi connectivity index (χ1n) is 6.85. The number of hydrogen-bond donors (Lipinski definition) is 1. The van der Waals surface area contributed by atoms with Gasteiger partial charge in [0.2, 0.25) is 0 Å². The van der Waals surface area contributed by atoms with Crippen LogP contribution in [0.25, 0.3) is 0 Å². The number of rotatable bonds is 6. The van der Waals surface area contributed by atoms with Crippen LogP contribution in [0, 0.1) is 0 Å². The van der Waals surface area contributed by atoms with Gasteiger partial charge >= 0.3 is 0 Å². The third-order valence-corrected chi connectivity index (χ3v) is 4.42. The van der Waals surface area contributed by atoms with Gasteiger partial charge in [0.15, 0.2) is 0 Å². The Balaban J connectivity index is 1.72. The van der Waals surface area contributed by atoms with Crippen molar-refractivity contribution in [2.45, 2.75) is 38.8 Å². The van der Waals surface area contributed by atoms with Crippen LogP contribution in [-0.4, -0.2) is 37.7 Å². The molecule has 1 aromatic heterocycles. The first-order chi connectivity index (χ1) is 8.79. The summed E-state index contributed by atoms with van der Waals surface area (Å²) in [6.07, 6.45) is 4.14. The fourth-order valence-corrected chi connectivity index (χ4v) is 3.29. The van der Waals surface area contributed by atoms with Gasteiger partial charge < -0.3 is 15.0 Å². The summed E-state index contributed by atoms with van der Waals surface area (Å²) >= 11 is 1.76. The molecule has 1 N–H and O–H groups in total. The van der Waals surface area contributed by atoms with Gasteiger partial charge in [-0.3, -0.25) is 0 Å². The maximum absolute atomic E-state index is 5.33. The zero-order valence-electron chi connectivity index (χ0n) is 11.4. The number of methoxy groups -OCH3 is 1. The zero-order chi connectivity index (χ0) is 12.8. The van der Waals surface area contributed by atoms with E-state index in [0.717, 1.165) is 18.8 Å². The molecule has 0 aromatic carbocycles. The average Bonchev–Trinajstić information content (AvgIpc) is 2.85. The van der Waals surface area contributed by atoms with Crippen molar-refractivity contribution in [3.63, 3.8) is 0 Å². The molecule has 1 aliphatic rings. The van der Waals surface area contributed by atoms with E-state index in [0.29, 0.717) is 6.04 Å². The lowest BCUT2D eigenvalue weighted by Gasteiger charge is -2.29. The first-order valence-corrected chi connectivity index (χ1v) is 7.73. The van der Waals surface area contributed by atoms with E-state index in [9.17, 15) is 0 Å². The Labute approximate surface area is 114 Å². The molecule has 3 nitrogen and oxygen atoms in total. The second kappa shape index (κ2) is 7.12. The highest BCUT2D eigenvalue weighted by Crippen LogP contribution is 2.24. The Kier molecular flexibility index (Phi) is 5.47. The second-order valence-corrected chi connectivity index (χ2v) is 6.06. The molecule has 1 atom stereocenters. The zero-order valence-corrected chi connectivity index (χ0v) is 12.3. The summed E-state index contributed by atoms with van der Waals surface area (Å²) in [5.41, 5.74) is 0. The van der Waals surface area contributed by atoms with Crippen molar-refractivity contribution in [3.8, 4) is 5.75 Å². The lowest BCUT2D eigenvalue weighted by Crippen LogP contribution is -2.41. The molecule has 0 amide bonds. The van der Waals surface area contributed by atoms with Crippen LogP contribution in [0.5, 0.6) is 5.75 Å². The molecule has 1 aliphatic heterocycles. The van der Waals surface area contributed by atoms with Crippen LogP contribution in [0.3, 0.4) is 0 Å². The number of piperidine rings is 1. The molecule has 2 heterocycles. The van der Waals surface area contributed by atoms with Crippen molar-refractivity contribution in [3.05, 3.63) is 16.3 Å². The van der Waals surface area contributed by atoms with Crippen molar-refractivity contribution in [1.29, 1.82) is 0 Å². The number of nitrogens with one attached hydrogen (secondary N) is 1. The van der Waals surface area contributed by atoms with E-state index in [1.807, 2.05) is 6.07 Å². The predicted octanol–water partition coefficient (Wildman–Crippen LogP) is 2.72. The van der Waals surface area contributed by atoms with Gasteiger partial charge in [0, 0.05) is 19.1 Å². The molecule has 1 aromatic rings. The molecule has 0 spiro atoms. The molecule has 0 bridgehead atoms. The van der Waals surface area contributed by atoms with Crippen LogP contribution in [-0.2, 0) is 6.54 Å². The largest absolute Gasteiger partial charge is 0.496 e. The van der Waals surface area contributed by atoms with Gasteiger partial charge in [-0.15, -0.1) is 11.3 Å². The molecule has 1 saturated heterocycles. The normalized spacial score (nSPS) is 18.8. The summed E-state index contributed by atoms with van der Waals surface area (Å²) in [7, 11) is 1.74. The molecule has 0 radical (unpaired) electrons. The minimum atomic E-state index is 0.537. The fraction of sp³-hybridized carbons (Fsp3) is 0.714. The van der Waals surface area contributed by atoms with E-state index < -0.39 is 0 Å². The highest BCUT2D eigenvalue weighted by atomic mass is 32.1. The number of thiophene rings is 1. The minimum Gasteiger partial charge on any atom is -0.496 e.